The Balaban J connectivity index is 1.84. The Morgan fingerprint density at radius 2 is 2.00 bits per heavy atom. The first kappa shape index (κ1) is 10.2. The van der Waals surface area contributed by atoms with E-state index in [1.165, 1.54) is 5.56 Å². The van der Waals surface area contributed by atoms with E-state index in [0.29, 0.717) is 0 Å². The normalized spacial score (nSPS) is 10.6. The van der Waals surface area contributed by atoms with Gasteiger partial charge in [-0.15, -0.1) is 0 Å². The van der Waals surface area contributed by atoms with Crippen molar-refractivity contribution in [3.05, 3.63) is 58.5 Å². The highest BCUT2D eigenvalue weighted by Crippen LogP contribution is 2.15. The third-order valence-corrected chi connectivity index (χ3v) is 3.25. The molecule has 0 saturated carbocycles. The summed E-state index contributed by atoms with van der Waals surface area (Å²) < 4.78 is 0. The molecule has 0 aliphatic carbocycles. The zero-order valence-corrected chi connectivity index (χ0v) is 9.95. The minimum Gasteiger partial charge on any atom is -0.262 e. The number of nitrogens with zero attached hydrogens (tertiary/aromatic N) is 2. The molecular weight excluding hydrogens is 230 g/mol. The molecule has 0 saturated heterocycles. The fourth-order valence-electron chi connectivity index (χ4n) is 1.68. The minimum atomic E-state index is 0.760. The molecule has 3 nitrogen and oxygen atoms in total. The lowest BCUT2D eigenvalue weighted by atomic mass is 10.2. The van der Waals surface area contributed by atoms with Crippen LogP contribution in [-0.2, 0) is 6.42 Å². The van der Waals surface area contributed by atoms with Crippen molar-refractivity contribution in [1.29, 1.82) is 0 Å². The molecule has 0 spiro atoms. The summed E-state index contributed by atoms with van der Waals surface area (Å²) in [6.45, 7) is 0. The van der Waals surface area contributed by atoms with Gasteiger partial charge in [0.25, 0.3) is 0 Å². The van der Waals surface area contributed by atoms with Crippen molar-refractivity contribution in [2.45, 2.75) is 6.42 Å². The highest BCUT2D eigenvalue weighted by atomic mass is 32.1. The molecule has 0 amide bonds. The molecule has 0 aliphatic rings. The predicted molar refractivity (Wildman–Crippen MR) is 68.9 cm³/mol. The number of rotatable bonds is 3. The largest absolute Gasteiger partial charge is 0.262 e. The van der Waals surface area contributed by atoms with Crippen LogP contribution in [0.15, 0.2) is 47.2 Å². The van der Waals surface area contributed by atoms with Crippen LogP contribution in [0.1, 0.15) is 11.4 Å². The maximum absolute atomic E-state index is 4.49. The molecule has 4 heteroatoms. The van der Waals surface area contributed by atoms with Gasteiger partial charge in [0.1, 0.15) is 5.82 Å². The molecule has 0 aliphatic heterocycles. The fraction of sp³-hybridized carbons (Fsp3) is 0.0769. The molecule has 0 radical (unpaired) electrons. The van der Waals surface area contributed by atoms with Crippen molar-refractivity contribution in [1.82, 2.24) is 15.2 Å². The van der Waals surface area contributed by atoms with E-state index in [0.717, 1.165) is 23.6 Å². The summed E-state index contributed by atoms with van der Waals surface area (Å²) in [4.78, 5) is 4.49. The van der Waals surface area contributed by atoms with E-state index in [1.807, 2.05) is 30.3 Å². The molecule has 1 N–H and O–H groups in total. The van der Waals surface area contributed by atoms with E-state index in [-0.39, 0.29) is 0 Å². The second kappa shape index (κ2) is 4.51. The van der Waals surface area contributed by atoms with Crippen LogP contribution >= 0.6 is 11.3 Å². The molecule has 2 aromatic heterocycles. The van der Waals surface area contributed by atoms with Crippen molar-refractivity contribution in [3.8, 4) is 11.4 Å². The second-order valence-electron chi connectivity index (χ2n) is 3.78. The lowest BCUT2D eigenvalue weighted by Gasteiger charge is -1.92. The summed E-state index contributed by atoms with van der Waals surface area (Å²) >= 11 is 1.70. The predicted octanol–water partition coefficient (Wildman–Crippen LogP) is 3.12. The number of aromatic nitrogens is 3. The van der Waals surface area contributed by atoms with E-state index < -0.39 is 0 Å². The molecule has 3 aromatic rings. The van der Waals surface area contributed by atoms with Gasteiger partial charge in [-0.05, 0) is 22.4 Å². The van der Waals surface area contributed by atoms with Crippen molar-refractivity contribution in [2.75, 3.05) is 0 Å². The average molecular weight is 241 g/mol. The number of aromatic amines is 1. The van der Waals surface area contributed by atoms with E-state index in [9.17, 15) is 0 Å². The molecule has 0 atom stereocenters. The van der Waals surface area contributed by atoms with Gasteiger partial charge >= 0.3 is 0 Å². The van der Waals surface area contributed by atoms with Crippen LogP contribution < -0.4 is 0 Å². The SMILES string of the molecule is c1ccc(-c2n[nH]c(Cc3ccsc3)n2)cc1. The Labute approximate surface area is 103 Å². The van der Waals surface area contributed by atoms with Crippen LogP contribution in [0, 0.1) is 0 Å². The average Bonchev–Trinajstić information content (AvgIpc) is 3.02. The minimum absolute atomic E-state index is 0.760. The zero-order valence-electron chi connectivity index (χ0n) is 9.13. The summed E-state index contributed by atoms with van der Waals surface area (Å²) in [7, 11) is 0. The Bertz CT molecular complexity index is 584. The van der Waals surface area contributed by atoms with Crippen LogP contribution in [0.5, 0.6) is 0 Å². The Kier molecular flexibility index (Phi) is 2.71. The smallest absolute Gasteiger partial charge is 0.181 e. The summed E-state index contributed by atoms with van der Waals surface area (Å²) in [5, 5.41) is 11.4. The van der Waals surface area contributed by atoms with Crippen LogP contribution in [0.4, 0.5) is 0 Å². The van der Waals surface area contributed by atoms with Crippen molar-refractivity contribution in [2.24, 2.45) is 0 Å². The number of thiophene rings is 1. The lowest BCUT2D eigenvalue weighted by molar-refractivity contribution is 0.976. The van der Waals surface area contributed by atoms with Gasteiger partial charge in [-0.3, -0.25) is 5.10 Å². The van der Waals surface area contributed by atoms with Crippen LogP contribution in [0.3, 0.4) is 0 Å². The van der Waals surface area contributed by atoms with Gasteiger partial charge in [0, 0.05) is 12.0 Å². The van der Waals surface area contributed by atoms with E-state index in [2.05, 4.69) is 32.0 Å². The van der Waals surface area contributed by atoms with Gasteiger partial charge in [-0.1, -0.05) is 30.3 Å². The Morgan fingerprint density at radius 3 is 2.76 bits per heavy atom. The van der Waals surface area contributed by atoms with Crippen LogP contribution in [0.25, 0.3) is 11.4 Å². The summed E-state index contributed by atoms with van der Waals surface area (Å²) in [6, 6.07) is 12.1. The topological polar surface area (TPSA) is 41.6 Å². The Morgan fingerprint density at radius 1 is 1.12 bits per heavy atom. The molecule has 0 unspecified atom stereocenters. The standard InChI is InChI=1S/C13H11N3S/c1-2-4-11(5-3-1)13-14-12(15-16-13)8-10-6-7-17-9-10/h1-7,9H,8H2,(H,14,15,16). The molecule has 1 aromatic carbocycles. The summed E-state index contributed by atoms with van der Waals surface area (Å²) in [5.74, 6) is 1.66. The first-order chi connectivity index (χ1) is 8.42. The first-order valence-electron chi connectivity index (χ1n) is 5.39. The highest BCUT2D eigenvalue weighted by Gasteiger charge is 2.05. The number of H-pyrrole nitrogens is 1. The van der Waals surface area contributed by atoms with E-state index >= 15 is 0 Å². The third kappa shape index (κ3) is 2.26. The third-order valence-electron chi connectivity index (χ3n) is 2.52. The van der Waals surface area contributed by atoms with Crippen molar-refractivity contribution >= 4 is 11.3 Å². The van der Waals surface area contributed by atoms with E-state index in [4.69, 9.17) is 0 Å². The van der Waals surface area contributed by atoms with Crippen LogP contribution in [-0.4, -0.2) is 15.2 Å². The van der Waals surface area contributed by atoms with Gasteiger partial charge in [-0.25, -0.2) is 4.98 Å². The molecule has 0 fully saturated rings. The number of benzene rings is 1. The first-order valence-corrected chi connectivity index (χ1v) is 6.34. The lowest BCUT2D eigenvalue weighted by Crippen LogP contribution is -1.88. The molecule has 0 bridgehead atoms. The fourth-order valence-corrected chi connectivity index (χ4v) is 2.35. The van der Waals surface area contributed by atoms with Gasteiger partial charge < -0.3 is 0 Å². The van der Waals surface area contributed by atoms with Gasteiger partial charge in [-0.2, -0.15) is 16.4 Å². The molecular formula is C13H11N3S. The summed E-state index contributed by atoms with van der Waals surface area (Å²) in [6.07, 6.45) is 0.809. The van der Waals surface area contributed by atoms with Crippen molar-refractivity contribution < 1.29 is 0 Å². The molecule has 84 valence electrons. The molecule has 17 heavy (non-hydrogen) atoms. The number of hydrogen-bond donors (Lipinski definition) is 1. The molecule has 3 rings (SSSR count). The van der Waals surface area contributed by atoms with E-state index in [1.54, 1.807) is 11.3 Å². The van der Waals surface area contributed by atoms with Gasteiger partial charge in [0.05, 0.1) is 0 Å². The summed E-state index contributed by atoms with van der Waals surface area (Å²) in [5.41, 5.74) is 2.31. The number of nitrogens with one attached hydrogen (secondary N) is 1. The van der Waals surface area contributed by atoms with Gasteiger partial charge in [0.2, 0.25) is 0 Å². The van der Waals surface area contributed by atoms with Crippen LogP contribution in [0.2, 0.25) is 0 Å². The maximum atomic E-state index is 4.49. The maximum Gasteiger partial charge on any atom is 0.181 e. The van der Waals surface area contributed by atoms with Gasteiger partial charge in [0.15, 0.2) is 5.82 Å². The van der Waals surface area contributed by atoms with Crippen molar-refractivity contribution in [3.63, 3.8) is 0 Å². The Hall–Kier alpha value is -1.94. The zero-order chi connectivity index (χ0) is 11.5. The second-order valence-corrected chi connectivity index (χ2v) is 4.56. The molecule has 2 heterocycles. The quantitative estimate of drug-likeness (QED) is 0.765. The highest BCUT2D eigenvalue weighted by molar-refractivity contribution is 7.07. The monoisotopic (exact) mass is 241 g/mol. The number of hydrogen-bond acceptors (Lipinski definition) is 3.